The van der Waals surface area contributed by atoms with Crippen LogP contribution in [-0.4, -0.2) is 75.1 Å². The third-order valence-corrected chi connectivity index (χ3v) is 0. The van der Waals surface area contributed by atoms with Crippen molar-refractivity contribution in [2.45, 2.75) is 0 Å². The van der Waals surface area contributed by atoms with E-state index in [9.17, 15) is 0 Å². The zero-order valence-corrected chi connectivity index (χ0v) is 20.9. The molecule has 0 saturated heterocycles. The van der Waals surface area contributed by atoms with Crippen LogP contribution in [0.5, 0.6) is 0 Å². The molecular weight excluding hydrogens is 622 g/mol. The van der Waals surface area contributed by atoms with E-state index in [1.54, 1.807) is 0 Å². The van der Waals surface area contributed by atoms with Gasteiger partial charge in [0.15, 0.2) is 0 Å². The zero-order chi connectivity index (χ0) is 9.00. The van der Waals surface area contributed by atoms with Crippen LogP contribution in [-0.2, 0) is 9.13 Å². The average molecular weight is 622 g/mol. The molecule has 66 valence electrons. The van der Waals surface area contributed by atoms with Crippen LogP contribution >= 0.6 is 15.6 Å². The van der Waals surface area contributed by atoms with Gasteiger partial charge >= 0.3 is 133 Å². The molecule has 13 heteroatoms. The molecule has 0 unspecified atom stereocenters. The molecular formula is BaBiO8P2Rb. The Bertz CT molecular complexity index is 134. The maximum atomic E-state index is 8.55. The summed E-state index contributed by atoms with van der Waals surface area (Å²) in [6, 6.07) is 0. The Morgan fingerprint density at radius 1 is 0.692 bits per heavy atom. The van der Waals surface area contributed by atoms with Crippen LogP contribution in [0.4, 0.5) is 0 Å². The van der Waals surface area contributed by atoms with Crippen LogP contribution in [0, 0.1) is 0 Å². The molecule has 0 amide bonds. The molecule has 8 nitrogen and oxygen atoms in total. The van der Waals surface area contributed by atoms with E-state index >= 15 is 0 Å². The summed E-state index contributed by atoms with van der Waals surface area (Å²) in [5.74, 6) is 0. The zero-order valence-electron chi connectivity index (χ0n) is 6.31. The molecule has 0 heterocycles. The molecule has 0 saturated carbocycles. The Morgan fingerprint density at radius 3 is 0.692 bits per heavy atom. The van der Waals surface area contributed by atoms with Crippen molar-refractivity contribution in [3.05, 3.63) is 0 Å². The fraction of sp³-hybridized carbons (Fsp3) is 0. The van der Waals surface area contributed by atoms with Crippen LogP contribution in [0.25, 0.3) is 0 Å². The molecule has 0 aromatic carbocycles. The quantitative estimate of drug-likeness (QED) is 0.190. The number of hydrogen-bond acceptors (Lipinski definition) is 8. The van der Waals surface area contributed by atoms with Crippen molar-refractivity contribution in [1.29, 1.82) is 0 Å². The van der Waals surface area contributed by atoms with Crippen molar-refractivity contribution < 1.29 is 96.7 Å². The molecule has 0 bridgehead atoms. The van der Waals surface area contributed by atoms with E-state index in [4.69, 9.17) is 38.5 Å². The van der Waals surface area contributed by atoms with Gasteiger partial charge in [0.2, 0.25) is 0 Å². The average Bonchev–Trinajstić information content (AvgIpc) is 1.12. The predicted molar refractivity (Wildman–Crippen MR) is 26.7 cm³/mol. The van der Waals surface area contributed by atoms with Gasteiger partial charge in [-0.05, 0) is 0 Å². The molecule has 0 aromatic heterocycles. The molecule has 0 spiro atoms. The maximum absolute atomic E-state index is 8.55. The van der Waals surface area contributed by atoms with Gasteiger partial charge in [-0.3, -0.25) is 0 Å². The fourth-order valence-corrected chi connectivity index (χ4v) is 0. The van der Waals surface area contributed by atoms with E-state index in [2.05, 4.69) is 0 Å². The van der Waals surface area contributed by atoms with Crippen LogP contribution in [0.1, 0.15) is 0 Å². The summed E-state index contributed by atoms with van der Waals surface area (Å²) >= 11 is 0. The van der Waals surface area contributed by atoms with E-state index in [0.717, 1.165) is 0 Å². The second kappa shape index (κ2) is 14.5. The molecule has 0 atom stereocenters. The van der Waals surface area contributed by atoms with E-state index in [1.165, 1.54) is 0 Å². The van der Waals surface area contributed by atoms with Gasteiger partial charge in [-0.25, -0.2) is 0 Å². The Labute approximate surface area is 182 Å². The van der Waals surface area contributed by atoms with E-state index < -0.39 is 15.6 Å². The van der Waals surface area contributed by atoms with Gasteiger partial charge < -0.3 is 38.5 Å². The minimum Gasteiger partial charge on any atom is -0.822 e. The third kappa shape index (κ3) is 172. The maximum Gasteiger partial charge on any atom is 3.00 e. The number of phosphoric acid groups is 2. The molecule has 0 aromatic rings. The minimum absolute atomic E-state index is 0. The van der Waals surface area contributed by atoms with Gasteiger partial charge in [0.05, 0.1) is 0 Å². The molecule has 2 radical (unpaired) electrons. The van der Waals surface area contributed by atoms with E-state index in [1.807, 2.05) is 0 Å². The summed E-state index contributed by atoms with van der Waals surface area (Å²) < 4.78 is 17.1. The van der Waals surface area contributed by atoms with Crippen LogP contribution < -0.4 is 87.5 Å². The monoisotopic (exact) mass is 622 g/mol. The minimum atomic E-state index is -5.39. The standard InChI is InChI=1S/Ba.Bi.2H3O4P.Rb/c;;2*1-5(2,3)4;/h;;2*(H3,1,2,3,4);/q+2;+3;;;+1/p-6. The summed E-state index contributed by atoms with van der Waals surface area (Å²) in [5, 5.41) is 0. The Hall–Kier alpha value is 4.48. The van der Waals surface area contributed by atoms with Gasteiger partial charge in [0.1, 0.15) is 0 Å². The summed E-state index contributed by atoms with van der Waals surface area (Å²) in [4.78, 5) is 51.3. The second-order valence-corrected chi connectivity index (χ2v) is 2.68. The van der Waals surface area contributed by atoms with Crippen molar-refractivity contribution in [2.24, 2.45) is 0 Å². The SMILES string of the molecule is O=P([O-])([O-])[O-].O=P([O-])([O-])[O-].[Ba+2].[Bi+3].[Rb+]. The Morgan fingerprint density at radius 2 is 0.692 bits per heavy atom. The summed E-state index contributed by atoms with van der Waals surface area (Å²) in [5.41, 5.74) is 0. The molecule has 0 aliphatic rings. The van der Waals surface area contributed by atoms with Crippen molar-refractivity contribution in [2.75, 3.05) is 0 Å². The van der Waals surface area contributed by atoms with Crippen LogP contribution in [0.15, 0.2) is 0 Å². The largest absolute Gasteiger partial charge is 3.00 e. The Kier molecular flexibility index (Phi) is 34.1. The first-order valence-electron chi connectivity index (χ1n) is 1.46. The molecule has 0 fully saturated rings. The third-order valence-electron chi connectivity index (χ3n) is 0. The smallest absolute Gasteiger partial charge is 0.822 e. The molecule has 0 aliphatic carbocycles. The van der Waals surface area contributed by atoms with Crippen molar-refractivity contribution >= 4 is 90.7 Å². The van der Waals surface area contributed by atoms with Crippen molar-refractivity contribution in [1.82, 2.24) is 0 Å². The van der Waals surface area contributed by atoms with Gasteiger partial charge in [0.25, 0.3) is 0 Å². The molecule has 0 N–H and O–H groups in total. The van der Waals surface area contributed by atoms with E-state index in [0.29, 0.717) is 0 Å². The van der Waals surface area contributed by atoms with Crippen LogP contribution in [0.3, 0.4) is 0 Å². The number of rotatable bonds is 0. The van der Waals surface area contributed by atoms with Gasteiger partial charge in [-0.2, -0.15) is 15.6 Å². The topological polar surface area (TPSA) is 172 Å². The van der Waals surface area contributed by atoms with Crippen molar-refractivity contribution in [3.8, 4) is 0 Å². The Balaban J connectivity index is -0.0000000267. The first-order chi connectivity index (χ1) is 4.00. The van der Waals surface area contributed by atoms with Crippen LogP contribution in [0.2, 0.25) is 0 Å². The van der Waals surface area contributed by atoms with Crippen molar-refractivity contribution in [3.63, 3.8) is 0 Å². The second-order valence-electron chi connectivity index (χ2n) is 0.894. The molecule has 0 aliphatic heterocycles. The first-order valence-corrected chi connectivity index (χ1v) is 4.38. The summed E-state index contributed by atoms with van der Waals surface area (Å²) in [7, 11) is -10.8. The molecule has 0 rings (SSSR count). The van der Waals surface area contributed by atoms with Gasteiger partial charge in [0, 0.05) is 0 Å². The summed E-state index contributed by atoms with van der Waals surface area (Å²) in [6.07, 6.45) is 0. The molecule has 13 heavy (non-hydrogen) atoms. The fourth-order valence-electron chi connectivity index (χ4n) is 0. The predicted octanol–water partition coefficient (Wildman–Crippen LogP) is -9.41. The van der Waals surface area contributed by atoms with Gasteiger partial charge in [-0.1, -0.05) is 0 Å². The summed E-state index contributed by atoms with van der Waals surface area (Å²) in [6.45, 7) is 0. The number of hydrogen-bond donors (Lipinski definition) is 0. The van der Waals surface area contributed by atoms with Gasteiger partial charge in [-0.15, -0.1) is 0 Å². The first kappa shape index (κ1) is 30.5. The van der Waals surface area contributed by atoms with E-state index in [-0.39, 0.29) is 133 Å². The normalized spacial score (nSPS) is 9.08.